The molecule has 1 amide bonds. The number of aryl methyl sites for hydroxylation is 1. The summed E-state index contributed by atoms with van der Waals surface area (Å²) in [4.78, 5) is 12.0. The number of hydrazone groups is 1. The van der Waals surface area contributed by atoms with E-state index in [1.165, 1.54) is 29.8 Å². The van der Waals surface area contributed by atoms with Crippen molar-refractivity contribution in [1.29, 1.82) is 0 Å². The van der Waals surface area contributed by atoms with Gasteiger partial charge in [-0.15, -0.1) is 0 Å². The Hall–Kier alpha value is -2.49. The Morgan fingerprint density at radius 1 is 1.05 bits per heavy atom. The summed E-state index contributed by atoms with van der Waals surface area (Å²) in [5, 5.41) is 4.25. The number of hydrogen-bond acceptors (Lipinski definition) is 2. The van der Waals surface area contributed by atoms with Gasteiger partial charge in [0.15, 0.2) is 0 Å². The van der Waals surface area contributed by atoms with Crippen molar-refractivity contribution in [2.24, 2.45) is 5.10 Å². The quantitative estimate of drug-likeness (QED) is 0.844. The Labute approximate surface area is 122 Å². The van der Waals surface area contributed by atoms with Gasteiger partial charge < -0.3 is 0 Å². The van der Waals surface area contributed by atoms with Gasteiger partial charge in [0.25, 0.3) is 5.91 Å². The van der Waals surface area contributed by atoms with E-state index in [1.807, 2.05) is 18.2 Å². The molecule has 0 heterocycles. The zero-order valence-corrected chi connectivity index (χ0v) is 11.5. The van der Waals surface area contributed by atoms with Crippen molar-refractivity contribution in [3.8, 4) is 0 Å². The van der Waals surface area contributed by atoms with Crippen LogP contribution < -0.4 is 5.43 Å². The van der Waals surface area contributed by atoms with Gasteiger partial charge in [0.1, 0.15) is 5.82 Å². The first-order valence-corrected chi connectivity index (χ1v) is 6.95. The summed E-state index contributed by atoms with van der Waals surface area (Å²) in [6.45, 7) is 0. The molecule has 3 nitrogen and oxygen atoms in total. The standard InChI is InChI=1S/C17H15FN2O/c18-14-10-8-13(9-11-14)17(21)20-19-16-7-3-5-12-4-1-2-6-15(12)16/h1-2,4,6,8-11H,3,5,7H2,(H,20,21)/b19-16-. The van der Waals surface area contributed by atoms with E-state index in [0.29, 0.717) is 5.56 Å². The number of fused-ring (bicyclic) bond motifs is 1. The number of hydrogen-bond donors (Lipinski definition) is 1. The van der Waals surface area contributed by atoms with E-state index < -0.39 is 0 Å². The predicted octanol–water partition coefficient (Wildman–Crippen LogP) is 3.30. The molecule has 4 heteroatoms. The van der Waals surface area contributed by atoms with Crippen molar-refractivity contribution in [2.45, 2.75) is 19.3 Å². The van der Waals surface area contributed by atoms with E-state index >= 15 is 0 Å². The molecule has 0 atom stereocenters. The van der Waals surface area contributed by atoms with Gasteiger partial charge in [0.05, 0.1) is 5.71 Å². The van der Waals surface area contributed by atoms with E-state index in [9.17, 15) is 9.18 Å². The van der Waals surface area contributed by atoms with Crippen LogP contribution in [0.1, 0.15) is 34.3 Å². The SMILES string of the molecule is O=C(N/N=C1/CCCc2ccccc21)c1ccc(F)cc1. The average Bonchev–Trinajstić information content (AvgIpc) is 2.53. The summed E-state index contributed by atoms with van der Waals surface area (Å²) >= 11 is 0. The summed E-state index contributed by atoms with van der Waals surface area (Å²) < 4.78 is 12.8. The molecule has 3 rings (SSSR count). The van der Waals surface area contributed by atoms with Crippen LogP contribution in [0.2, 0.25) is 0 Å². The minimum absolute atomic E-state index is 0.328. The largest absolute Gasteiger partial charge is 0.271 e. The van der Waals surface area contributed by atoms with Crippen LogP contribution in [-0.4, -0.2) is 11.6 Å². The first-order valence-electron chi connectivity index (χ1n) is 6.95. The van der Waals surface area contributed by atoms with Gasteiger partial charge in [0, 0.05) is 11.1 Å². The summed E-state index contributed by atoms with van der Waals surface area (Å²) in [5.74, 6) is -0.690. The Morgan fingerprint density at radius 3 is 2.62 bits per heavy atom. The number of halogens is 1. The zero-order valence-electron chi connectivity index (χ0n) is 11.5. The molecular weight excluding hydrogens is 267 g/mol. The molecule has 0 saturated heterocycles. The Balaban J connectivity index is 1.78. The molecule has 0 unspecified atom stereocenters. The third-order valence-corrected chi connectivity index (χ3v) is 3.59. The fourth-order valence-electron chi connectivity index (χ4n) is 2.50. The molecule has 21 heavy (non-hydrogen) atoms. The lowest BCUT2D eigenvalue weighted by Gasteiger charge is -2.17. The molecule has 0 bridgehead atoms. The second kappa shape index (κ2) is 5.87. The highest BCUT2D eigenvalue weighted by Crippen LogP contribution is 2.21. The van der Waals surface area contributed by atoms with Crippen LogP contribution >= 0.6 is 0 Å². The Kier molecular flexibility index (Phi) is 3.77. The summed E-state index contributed by atoms with van der Waals surface area (Å²) in [6, 6.07) is 13.5. The van der Waals surface area contributed by atoms with Crippen molar-refractivity contribution < 1.29 is 9.18 Å². The molecule has 0 saturated carbocycles. The molecule has 106 valence electrons. The summed E-state index contributed by atoms with van der Waals surface area (Å²) in [7, 11) is 0. The molecule has 1 aliphatic rings. The number of benzene rings is 2. The van der Waals surface area contributed by atoms with Crippen LogP contribution in [0.25, 0.3) is 0 Å². The lowest BCUT2D eigenvalue weighted by Crippen LogP contribution is -2.22. The fraction of sp³-hybridized carbons (Fsp3) is 0.176. The predicted molar refractivity (Wildman–Crippen MR) is 79.8 cm³/mol. The molecular formula is C17H15FN2O. The number of nitrogens with zero attached hydrogens (tertiary/aromatic N) is 1. The normalized spacial score (nSPS) is 15.6. The fourth-order valence-corrected chi connectivity index (χ4v) is 2.50. The van der Waals surface area contributed by atoms with E-state index in [2.05, 4.69) is 16.6 Å². The van der Waals surface area contributed by atoms with Crippen molar-refractivity contribution >= 4 is 11.6 Å². The Bertz CT molecular complexity index is 692. The number of amides is 1. The van der Waals surface area contributed by atoms with Crippen molar-refractivity contribution in [1.82, 2.24) is 5.43 Å². The van der Waals surface area contributed by atoms with E-state index in [0.717, 1.165) is 30.5 Å². The van der Waals surface area contributed by atoms with E-state index in [1.54, 1.807) is 0 Å². The summed E-state index contributed by atoms with van der Waals surface area (Å²) in [6.07, 6.45) is 2.92. The minimum atomic E-state index is -0.362. The zero-order chi connectivity index (χ0) is 14.7. The highest BCUT2D eigenvalue weighted by molar-refractivity contribution is 6.04. The van der Waals surface area contributed by atoms with Gasteiger partial charge in [-0.3, -0.25) is 4.79 Å². The average molecular weight is 282 g/mol. The van der Waals surface area contributed by atoms with Crippen LogP contribution in [0.3, 0.4) is 0 Å². The van der Waals surface area contributed by atoms with Crippen molar-refractivity contribution in [2.75, 3.05) is 0 Å². The van der Waals surface area contributed by atoms with Crippen molar-refractivity contribution in [3.05, 3.63) is 71.0 Å². The molecule has 2 aromatic carbocycles. The van der Waals surface area contributed by atoms with Crippen LogP contribution in [0.15, 0.2) is 53.6 Å². The first kappa shape index (κ1) is 13.5. The number of rotatable bonds is 2. The van der Waals surface area contributed by atoms with Gasteiger partial charge in [-0.2, -0.15) is 5.10 Å². The highest BCUT2D eigenvalue weighted by Gasteiger charge is 2.15. The number of nitrogens with one attached hydrogen (secondary N) is 1. The maximum Gasteiger partial charge on any atom is 0.271 e. The van der Waals surface area contributed by atoms with Gasteiger partial charge in [-0.05, 0) is 49.1 Å². The monoisotopic (exact) mass is 282 g/mol. The molecule has 0 aliphatic heterocycles. The van der Waals surface area contributed by atoms with Crippen LogP contribution in [-0.2, 0) is 6.42 Å². The van der Waals surface area contributed by atoms with Gasteiger partial charge in [-0.1, -0.05) is 24.3 Å². The minimum Gasteiger partial charge on any atom is -0.267 e. The van der Waals surface area contributed by atoms with Gasteiger partial charge >= 0.3 is 0 Å². The Morgan fingerprint density at radius 2 is 1.81 bits per heavy atom. The third kappa shape index (κ3) is 2.99. The van der Waals surface area contributed by atoms with Crippen LogP contribution in [0.5, 0.6) is 0 Å². The molecule has 0 aromatic heterocycles. The second-order valence-electron chi connectivity index (χ2n) is 5.02. The molecule has 0 spiro atoms. The molecule has 2 aromatic rings. The lowest BCUT2D eigenvalue weighted by atomic mass is 9.90. The smallest absolute Gasteiger partial charge is 0.267 e. The molecule has 0 radical (unpaired) electrons. The highest BCUT2D eigenvalue weighted by atomic mass is 19.1. The van der Waals surface area contributed by atoms with E-state index in [4.69, 9.17) is 0 Å². The lowest BCUT2D eigenvalue weighted by molar-refractivity contribution is 0.0954. The van der Waals surface area contributed by atoms with Crippen LogP contribution in [0.4, 0.5) is 4.39 Å². The molecule has 1 aliphatic carbocycles. The number of carbonyl (C=O) groups excluding carboxylic acids is 1. The van der Waals surface area contributed by atoms with Crippen molar-refractivity contribution in [3.63, 3.8) is 0 Å². The molecule has 1 N–H and O–H groups in total. The number of carbonyl (C=O) groups is 1. The van der Waals surface area contributed by atoms with Gasteiger partial charge in [-0.25, -0.2) is 9.82 Å². The third-order valence-electron chi connectivity index (χ3n) is 3.59. The summed E-state index contributed by atoms with van der Waals surface area (Å²) in [5.41, 5.74) is 6.21. The maximum atomic E-state index is 12.8. The van der Waals surface area contributed by atoms with E-state index in [-0.39, 0.29) is 11.7 Å². The van der Waals surface area contributed by atoms with Crippen LogP contribution in [0, 0.1) is 5.82 Å². The maximum absolute atomic E-state index is 12.8. The molecule has 0 fully saturated rings. The van der Waals surface area contributed by atoms with Gasteiger partial charge in [0.2, 0.25) is 0 Å². The first-order chi connectivity index (χ1) is 10.2. The second-order valence-corrected chi connectivity index (χ2v) is 5.02. The topological polar surface area (TPSA) is 41.5 Å².